The molecule has 0 saturated heterocycles. The highest BCUT2D eigenvalue weighted by Crippen LogP contribution is 2.19. The van der Waals surface area contributed by atoms with Gasteiger partial charge in [0.15, 0.2) is 0 Å². The number of benzene rings is 1. The second kappa shape index (κ2) is 3.69. The lowest BCUT2D eigenvalue weighted by molar-refractivity contribution is 0.580. The Kier molecular flexibility index (Phi) is 2.22. The molecule has 0 fully saturated rings. The van der Waals surface area contributed by atoms with E-state index in [1.165, 1.54) is 0 Å². The molecule has 0 atom stereocenters. The molecule has 0 aliphatic carbocycles. The summed E-state index contributed by atoms with van der Waals surface area (Å²) < 4.78 is 5.21. The van der Waals surface area contributed by atoms with Gasteiger partial charge in [0.25, 0.3) is 0 Å². The van der Waals surface area contributed by atoms with Crippen LogP contribution in [0.5, 0.6) is 0 Å². The van der Waals surface area contributed by atoms with Crippen LogP contribution in [0, 0.1) is 0 Å². The molecule has 0 bridgehead atoms. The number of rotatable bonds is 2. The van der Waals surface area contributed by atoms with E-state index in [0.717, 1.165) is 11.9 Å². The first-order valence-corrected chi connectivity index (χ1v) is 4.03. The van der Waals surface area contributed by atoms with Gasteiger partial charge in [0, 0.05) is 5.56 Å². The van der Waals surface area contributed by atoms with Crippen LogP contribution in [0.3, 0.4) is 0 Å². The van der Waals surface area contributed by atoms with Gasteiger partial charge in [0.1, 0.15) is 0 Å². The Labute approximate surface area is 80.3 Å². The smallest absolute Gasteiger partial charge is 0.344 e. The first kappa shape index (κ1) is 8.43. The fraction of sp³-hybridized carbons (Fsp3) is 0. The predicted molar refractivity (Wildman–Crippen MR) is 52.1 cm³/mol. The van der Waals surface area contributed by atoms with E-state index in [1.807, 2.05) is 30.3 Å². The van der Waals surface area contributed by atoms with E-state index >= 15 is 0 Å². The van der Waals surface area contributed by atoms with Gasteiger partial charge >= 0.3 is 6.01 Å². The van der Waals surface area contributed by atoms with Crippen LogP contribution in [-0.4, -0.2) is 16.5 Å². The molecule has 1 aromatic carbocycles. The molecule has 2 N–H and O–H groups in total. The van der Waals surface area contributed by atoms with E-state index < -0.39 is 0 Å². The van der Waals surface area contributed by atoms with Crippen molar-refractivity contribution in [1.82, 2.24) is 10.2 Å². The first-order chi connectivity index (χ1) is 6.90. The molecule has 1 heterocycles. The molecule has 0 aliphatic rings. The van der Waals surface area contributed by atoms with Crippen molar-refractivity contribution in [2.24, 2.45) is 10.7 Å². The lowest BCUT2D eigenvalue weighted by Gasteiger charge is -1.90. The molecule has 0 spiro atoms. The minimum absolute atomic E-state index is 0.159. The molecule has 14 heavy (non-hydrogen) atoms. The highest BCUT2D eigenvalue weighted by Gasteiger charge is 2.05. The molecule has 70 valence electrons. The van der Waals surface area contributed by atoms with E-state index in [1.54, 1.807) is 0 Å². The van der Waals surface area contributed by atoms with E-state index in [9.17, 15) is 0 Å². The van der Waals surface area contributed by atoms with Gasteiger partial charge in [-0.05, 0) is 12.1 Å². The molecule has 5 nitrogen and oxygen atoms in total. The van der Waals surface area contributed by atoms with Crippen molar-refractivity contribution in [3.05, 3.63) is 30.3 Å². The number of nitrogens with two attached hydrogens (primary N) is 1. The fourth-order valence-corrected chi connectivity index (χ4v) is 1.03. The number of aromatic nitrogens is 2. The maximum atomic E-state index is 5.21. The summed E-state index contributed by atoms with van der Waals surface area (Å²) in [6.45, 7) is 0. The van der Waals surface area contributed by atoms with Crippen LogP contribution in [0.2, 0.25) is 0 Å². The first-order valence-electron chi connectivity index (χ1n) is 4.03. The van der Waals surface area contributed by atoms with Gasteiger partial charge in [0.05, 0.1) is 6.34 Å². The van der Waals surface area contributed by atoms with Crippen LogP contribution in [0.1, 0.15) is 0 Å². The highest BCUT2D eigenvalue weighted by molar-refractivity contribution is 5.56. The lowest BCUT2D eigenvalue weighted by Crippen LogP contribution is -1.85. The summed E-state index contributed by atoms with van der Waals surface area (Å²) in [6, 6.07) is 9.62. The summed E-state index contributed by atoms with van der Waals surface area (Å²) in [5.74, 6) is 0.436. The summed E-state index contributed by atoms with van der Waals surface area (Å²) >= 11 is 0. The van der Waals surface area contributed by atoms with Crippen molar-refractivity contribution >= 4 is 12.4 Å². The second-order valence-corrected chi connectivity index (χ2v) is 2.53. The second-order valence-electron chi connectivity index (χ2n) is 2.53. The summed E-state index contributed by atoms with van der Waals surface area (Å²) in [5.41, 5.74) is 5.95. The minimum atomic E-state index is 0.159. The Bertz CT molecular complexity index is 435. The molecule has 0 amide bonds. The average Bonchev–Trinajstić information content (AvgIpc) is 2.68. The third-order valence-corrected chi connectivity index (χ3v) is 1.62. The molecule has 2 rings (SSSR count). The fourth-order valence-electron chi connectivity index (χ4n) is 1.03. The Hall–Kier alpha value is -2.17. The SMILES string of the molecule is N/C=N/c1nnc(-c2ccccc2)o1. The van der Waals surface area contributed by atoms with Crippen LogP contribution in [-0.2, 0) is 0 Å². The quantitative estimate of drug-likeness (QED) is 0.570. The molecule has 5 heteroatoms. The highest BCUT2D eigenvalue weighted by atomic mass is 16.4. The van der Waals surface area contributed by atoms with Crippen molar-refractivity contribution in [2.75, 3.05) is 0 Å². The minimum Gasteiger partial charge on any atom is -0.402 e. The molecular weight excluding hydrogens is 180 g/mol. The number of nitrogens with zero attached hydrogens (tertiary/aromatic N) is 3. The zero-order chi connectivity index (χ0) is 9.80. The van der Waals surface area contributed by atoms with Crippen molar-refractivity contribution in [1.29, 1.82) is 0 Å². The molecule has 2 aromatic rings. The molecule has 1 aromatic heterocycles. The predicted octanol–water partition coefficient (Wildman–Crippen LogP) is 1.36. The van der Waals surface area contributed by atoms with Gasteiger partial charge in [-0.2, -0.15) is 4.99 Å². The van der Waals surface area contributed by atoms with Gasteiger partial charge in [-0.1, -0.05) is 23.3 Å². The van der Waals surface area contributed by atoms with Gasteiger partial charge in [-0.15, -0.1) is 5.10 Å². The van der Waals surface area contributed by atoms with E-state index in [2.05, 4.69) is 15.2 Å². The molecule has 0 aliphatic heterocycles. The zero-order valence-electron chi connectivity index (χ0n) is 7.29. The topological polar surface area (TPSA) is 77.3 Å². The van der Waals surface area contributed by atoms with Gasteiger partial charge in [0.2, 0.25) is 5.89 Å². The van der Waals surface area contributed by atoms with Crippen molar-refractivity contribution < 1.29 is 4.42 Å². The molecule has 0 radical (unpaired) electrons. The molecule has 0 saturated carbocycles. The van der Waals surface area contributed by atoms with E-state index in [-0.39, 0.29) is 6.01 Å². The lowest BCUT2D eigenvalue weighted by atomic mass is 10.2. The normalized spacial score (nSPS) is 10.9. The van der Waals surface area contributed by atoms with Crippen LogP contribution in [0.25, 0.3) is 11.5 Å². The molecule has 0 unspecified atom stereocenters. The van der Waals surface area contributed by atoms with Crippen LogP contribution >= 0.6 is 0 Å². The Morgan fingerprint density at radius 1 is 1.21 bits per heavy atom. The maximum Gasteiger partial charge on any atom is 0.344 e. The summed E-state index contributed by atoms with van der Waals surface area (Å²) in [4.78, 5) is 3.67. The largest absolute Gasteiger partial charge is 0.402 e. The maximum absolute atomic E-state index is 5.21. The van der Waals surface area contributed by atoms with Crippen LogP contribution < -0.4 is 5.73 Å². The van der Waals surface area contributed by atoms with E-state index in [4.69, 9.17) is 10.2 Å². The zero-order valence-corrected chi connectivity index (χ0v) is 7.29. The van der Waals surface area contributed by atoms with Crippen LogP contribution in [0.4, 0.5) is 6.01 Å². The van der Waals surface area contributed by atoms with Crippen molar-refractivity contribution in [2.45, 2.75) is 0 Å². The van der Waals surface area contributed by atoms with Gasteiger partial charge < -0.3 is 10.2 Å². The van der Waals surface area contributed by atoms with Crippen LogP contribution in [0.15, 0.2) is 39.7 Å². The Balaban J connectivity index is 2.34. The summed E-state index contributed by atoms with van der Waals surface area (Å²) in [6.07, 6.45) is 1.11. The molecular formula is C9H8N4O. The monoisotopic (exact) mass is 188 g/mol. The number of aliphatic imine (C=N–C) groups is 1. The average molecular weight is 188 g/mol. The third-order valence-electron chi connectivity index (χ3n) is 1.62. The number of hydrogen-bond donors (Lipinski definition) is 1. The van der Waals surface area contributed by atoms with E-state index in [0.29, 0.717) is 5.89 Å². The van der Waals surface area contributed by atoms with Gasteiger partial charge in [-0.25, -0.2) is 0 Å². The van der Waals surface area contributed by atoms with Crippen molar-refractivity contribution in [3.63, 3.8) is 0 Å². The summed E-state index contributed by atoms with van der Waals surface area (Å²) in [7, 11) is 0. The Morgan fingerprint density at radius 2 is 2.00 bits per heavy atom. The van der Waals surface area contributed by atoms with Gasteiger partial charge in [-0.3, -0.25) is 0 Å². The summed E-state index contributed by atoms with van der Waals surface area (Å²) in [5, 5.41) is 7.51. The Morgan fingerprint density at radius 3 is 2.71 bits per heavy atom. The number of hydrogen-bond acceptors (Lipinski definition) is 4. The standard InChI is InChI=1S/C9H8N4O/c10-6-11-9-13-12-8(14-9)7-4-2-1-3-5-7/h1-6H,(H2,10,11,13). The third kappa shape index (κ3) is 1.61. The van der Waals surface area contributed by atoms with Crippen molar-refractivity contribution in [3.8, 4) is 11.5 Å².